The Kier molecular flexibility index (Phi) is 6.10. The third-order valence-electron chi connectivity index (χ3n) is 4.19. The molecule has 1 heterocycles. The number of hydrogen-bond acceptors (Lipinski definition) is 6. The van der Waals surface area contributed by atoms with Crippen molar-refractivity contribution in [3.63, 3.8) is 0 Å². The Hall–Kier alpha value is -3.13. The van der Waals surface area contributed by atoms with Gasteiger partial charge in [-0.15, -0.1) is 0 Å². The van der Waals surface area contributed by atoms with Crippen LogP contribution < -0.4 is 14.3 Å². The fraction of sp³-hybridized carbons (Fsp3) is 0.250. The smallest absolute Gasteiger partial charge is 0.307 e. The molecule has 0 spiro atoms. The Bertz CT molecular complexity index is 1080. The van der Waals surface area contributed by atoms with Crippen LogP contribution in [0.25, 0.3) is 10.2 Å². The highest BCUT2D eigenvalue weighted by atomic mass is 32.1. The Labute approximate surface area is 165 Å². The van der Waals surface area contributed by atoms with E-state index in [0.717, 1.165) is 10.2 Å². The number of hydrogen-bond donors (Lipinski definition) is 0. The molecule has 7 nitrogen and oxygen atoms in total. The van der Waals surface area contributed by atoms with Gasteiger partial charge in [-0.1, -0.05) is 29.5 Å². The molecule has 0 saturated heterocycles. The van der Waals surface area contributed by atoms with Crippen LogP contribution in [0.3, 0.4) is 0 Å². The molecule has 1 amide bonds. The number of aromatic nitrogens is 1. The van der Waals surface area contributed by atoms with E-state index >= 15 is 0 Å². The standard InChI is InChI=1S/C20H20N2O5S/c1-25-15-9-6-7-13(18(15)27-3)19(24)21-20-22(12-11-17(23)26-2)14-8-4-5-10-16(14)28-20/h4-10H,11-12H2,1-3H3. The van der Waals surface area contributed by atoms with Gasteiger partial charge in [-0.05, 0) is 24.3 Å². The Morgan fingerprint density at radius 2 is 1.82 bits per heavy atom. The van der Waals surface area contributed by atoms with E-state index in [2.05, 4.69) is 4.99 Å². The lowest BCUT2D eigenvalue weighted by Crippen LogP contribution is -2.19. The maximum Gasteiger partial charge on any atom is 0.307 e. The third-order valence-corrected chi connectivity index (χ3v) is 5.25. The first-order valence-corrected chi connectivity index (χ1v) is 9.36. The number of esters is 1. The number of amides is 1. The molecule has 1 aromatic heterocycles. The van der Waals surface area contributed by atoms with E-state index < -0.39 is 5.91 Å². The summed E-state index contributed by atoms with van der Waals surface area (Å²) in [6.07, 6.45) is 0.182. The molecule has 0 bridgehead atoms. The normalized spacial score (nSPS) is 11.5. The van der Waals surface area contributed by atoms with E-state index in [9.17, 15) is 9.59 Å². The van der Waals surface area contributed by atoms with Crippen molar-refractivity contribution in [2.45, 2.75) is 13.0 Å². The Morgan fingerprint density at radius 1 is 1.04 bits per heavy atom. The summed E-state index contributed by atoms with van der Waals surface area (Å²) in [6.45, 7) is 0.359. The molecule has 3 rings (SSSR count). The fourth-order valence-corrected chi connectivity index (χ4v) is 3.88. The minimum Gasteiger partial charge on any atom is -0.493 e. The highest BCUT2D eigenvalue weighted by Crippen LogP contribution is 2.31. The number of para-hydroxylation sites is 2. The van der Waals surface area contributed by atoms with Crippen molar-refractivity contribution in [3.05, 3.63) is 52.8 Å². The van der Waals surface area contributed by atoms with Crippen LogP contribution in [0.2, 0.25) is 0 Å². The van der Waals surface area contributed by atoms with E-state index in [1.165, 1.54) is 32.7 Å². The molecule has 0 saturated carbocycles. The van der Waals surface area contributed by atoms with Crippen molar-refractivity contribution >= 4 is 33.4 Å². The van der Waals surface area contributed by atoms with Crippen LogP contribution in [0.15, 0.2) is 47.5 Å². The van der Waals surface area contributed by atoms with Crippen LogP contribution >= 0.6 is 11.3 Å². The molecule has 0 aliphatic heterocycles. The lowest BCUT2D eigenvalue weighted by molar-refractivity contribution is -0.140. The summed E-state index contributed by atoms with van der Waals surface area (Å²) < 4.78 is 18.1. The summed E-state index contributed by atoms with van der Waals surface area (Å²) in [4.78, 5) is 29.3. The molecule has 0 unspecified atom stereocenters. The first kappa shape index (κ1) is 19.6. The van der Waals surface area contributed by atoms with Crippen LogP contribution in [0.1, 0.15) is 16.8 Å². The van der Waals surface area contributed by atoms with Crippen LogP contribution in [-0.2, 0) is 16.1 Å². The van der Waals surface area contributed by atoms with Crippen LogP contribution in [0.5, 0.6) is 11.5 Å². The van der Waals surface area contributed by atoms with E-state index in [-0.39, 0.29) is 12.4 Å². The van der Waals surface area contributed by atoms with Gasteiger partial charge in [0.2, 0.25) is 0 Å². The summed E-state index contributed by atoms with van der Waals surface area (Å²) in [5.41, 5.74) is 1.21. The number of fused-ring (bicyclic) bond motifs is 1. The molecular formula is C20H20N2O5S. The van der Waals surface area contributed by atoms with Crippen molar-refractivity contribution in [2.75, 3.05) is 21.3 Å². The number of aryl methyl sites for hydroxylation is 1. The monoisotopic (exact) mass is 400 g/mol. The number of nitrogens with zero attached hydrogens (tertiary/aromatic N) is 2. The average molecular weight is 400 g/mol. The van der Waals surface area contributed by atoms with Gasteiger partial charge in [-0.25, -0.2) is 0 Å². The largest absolute Gasteiger partial charge is 0.493 e. The van der Waals surface area contributed by atoms with Gasteiger partial charge < -0.3 is 18.8 Å². The molecular weight excluding hydrogens is 380 g/mol. The van der Waals surface area contributed by atoms with Crippen molar-refractivity contribution in [1.82, 2.24) is 4.57 Å². The zero-order valence-corrected chi connectivity index (χ0v) is 16.6. The first-order valence-electron chi connectivity index (χ1n) is 8.54. The second-order valence-electron chi connectivity index (χ2n) is 5.79. The number of carbonyl (C=O) groups is 2. The number of thiazole rings is 1. The quantitative estimate of drug-likeness (QED) is 0.594. The molecule has 3 aromatic rings. The zero-order chi connectivity index (χ0) is 20.1. The second kappa shape index (κ2) is 8.71. The summed E-state index contributed by atoms with van der Waals surface area (Å²) in [5.74, 6) is 0.0167. The molecule has 2 aromatic carbocycles. The topological polar surface area (TPSA) is 79.1 Å². The van der Waals surface area contributed by atoms with E-state index in [4.69, 9.17) is 14.2 Å². The summed E-state index contributed by atoms with van der Waals surface area (Å²) in [5, 5.41) is 0. The predicted octanol–water partition coefficient (Wildman–Crippen LogP) is 3.02. The van der Waals surface area contributed by atoms with Crippen LogP contribution in [-0.4, -0.2) is 37.8 Å². The Balaban J connectivity index is 2.09. The van der Waals surface area contributed by atoms with Crippen LogP contribution in [0.4, 0.5) is 0 Å². The highest BCUT2D eigenvalue weighted by molar-refractivity contribution is 7.16. The van der Waals surface area contributed by atoms with Gasteiger partial charge in [-0.2, -0.15) is 4.99 Å². The summed E-state index contributed by atoms with van der Waals surface area (Å²) >= 11 is 1.38. The van der Waals surface area contributed by atoms with Gasteiger partial charge in [0.05, 0.1) is 43.5 Å². The van der Waals surface area contributed by atoms with Crippen molar-refractivity contribution in [3.8, 4) is 11.5 Å². The number of rotatable bonds is 6. The molecule has 0 N–H and O–H groups in total. The highest BCUT2D eigenvalue weighted by Gasteiger charge is 2.17. The molecule has 0 fully saturated rings. The zero-order valence-electron chi connectivity index (χ0n) is 15.8. The maximum absolute atomic E-state index is 12.9. The number of ether oxygens (including phenoxy) is 3. The van der Waals surface area contributed by atoms with Crippen molar-refractivity contribution in [1.29, 1.82) is 0 Å². The van der Waals surface area contributed by atoms with Gasteiger partial charge in [0, 0.05) is 6.54 Å². The minimum absolute atomic E-state index is 0.182. The predicted molar refractivity (Wildman–Crippen MR) is 106 cm³/mol. The second-order valence-corrected chi connectivity index (χ2v) is 6.80. The molecule has 146 valence electrons. The molecule has 0 aliphatic carbocycles. The molecule has 0 atom stereocenters. The maximum atomic E-state index is 12.9. The summed E-state index contributed by atoms with van der Waals surface area (Å²) in [7, 11) is 4.34. The van der Waals surface area contributed by atoms with E-state index in [0.29, 0.717) is 28.4 Å². The summed E-state index contributed by atoms with van der Waals surface area (Å²) in [6, 6.07) is 12.8. The SMILES string of the molecule is COC(=O)CCn1c(=NC(=O)c2cccc(OC)c2OC)sc2ccccc21. The number of methoxy groups -OCH3 is 3. The first-order chi connectivity index (χ1) is 13.6. The van der Waals surface area contributed by atoms with Crippen LogP contribution in [0, 0.1) is 0 Å². The van der Waals surface area contributed by atoms with Gasteiger partial charge in [0.1, 0.15) is 0 Å². The van der Waals surface area contributed by atoms with Crippen molar-refractivity contribution < 1.29 is 23.8 Å². The Morgan fingerprint density at radius 3 is 2.54 bits per heavy atom. The molecule has 8 heteroatoms. The lowest BCUT2D eigenvalue weighted by Gasteiger charge is -2.10. The van der Waals surface area contributed by atoms with E-state index in [1.54, 1.807) is 18.2 Å². The average Bonchev–Trinajstić information content (AvgIpc) is 3.07. The van der Waals surface area contributed by atoms with Crippen molar-refractivity contribution in [2.24, 2.45) is 4.99 Å². The minimum atomic E-state index is -0.450. The lowest BCUT2D eigenvalue weighted by atomic mass is 10.2. The van der Waals surface area contributed by atoms with Gasteiger partial charge in [0.25, 0.3) is 5.91 Å². The molecule has 0 aliphatic rings. The van der Waals surface area contributed by atoms with E-state index in [1.807, 2.05) is 28.8 Å². The number of benzene rings is 2. The molecule has 0 radical (unpaired) electrons. The fourth-order valence-electron chi connectivity index (χ4n) is 2.83. The van der Waals surface area contributed by atoms with Gasteiger partial charge >= 0.3 is 5.97 Å². The molecule has 28 heavy (non-hydrogen) atoms. The third kappa shape index (κ3) is 3.91. The van der Waals surface area contributed by atoms with Gasteiger partial charge in [-0.3, -0.25) is 9.59 Å². The van der Waals surface area contributed by atoms with Gasteiger partial charge in [0.15, 0.2) is 16.3 Å². The number of carbonyl (C=O) groups excluding carboxylic acids is 2.